The second kappa shape index (κ2) is 25.7. The van der Waals surface area contributed by atoms with Crippen molar-refractivity contribution in [3.63, 3.8) is 0 Å². The van der Waals surface area contributed by atoms with Gasteiger partial charge in [0, 0.05) is 26.2 Å². The van der Waals surface area contributed by atoms with Crippen molar-refractivity contribution >= 4 is 50.9 Å². The third-order valence-electron chi connectivity index (χ3n) is 8.77. The quantitative estimate of drug-likeness (QED) is 0.0297. The van der Waals surface area contributed by atoms with Gasteiger partial charge in [0.1, 0.15) is 42.7 Å². The number of carboxylic acids is 4. The lowest BCUT2D eigenvalue weighted by Gasteiger charge is -2.44. The van der Waals surface area contributed by atoms with Crippen LogP contribution in [0.1, 0.15) is 6.42 Å². The number of hydrogen-bond donors (Lipinski definition) is 17. The lowest BCUT2D eigenvalue weighted by atomic mass is 9.96. The van der Waals surface area contributed by atoms with E-state index in [-0.39, 0.29) is 26.2 Å². The molecule has 1 heterocycles. The van der Waals surface area contributed by atoms with Crippen LogP contribution in [0.25, 0.3) is 0 Å². The van der Waals surface area contributed by atoms with Gasteiger partial charge in [-0.3, -0.25) is 52.6 Å². The second-order valence-electron chi connectivity index (χ2n) is 13.6. The smallest absolute Gasteiger partial charge is 0.341 e. The first-order chi connectivity index (χ1) is 28.1. The molecule has 0 aliphatic carbocycles. The van der Waals surface area contributed by atoms with E-state index in [1.807, 2.05) is 5.32 Å². The Hall–Kier alpha value is -3.36. The van der Waals surface area contributed by atoms with Crippen molar-refractivity contribution in [2.75, 3.05) is 78.7 Å². The molecule has 2 amide bonds. The maximum absolute atomic E-state index is 13.1. The van der Waals surface area contributed by atoms with Crippen LogP contribution >= 0.6 is 15.2 Å². The first-order valence-electron chi connectivity index (χ1n) is 17.7. The molecule has 1 aliphatic heterocycles. The molecule has 17 N–H and O–H groups in total. The number of carbonyl (C=O) groups is 6. The van der Waals surface area contributed by atoms with Crippen LogP contribution in [0.5, 0.6) is 0 Å². The molecular weight excluding hydrogens is 880 g/mol. The van der Waals surface area contributed by atoms with E-state index in [1.54, 1.807) is 0 Å². The van der Waals surface area contributed by atoms with Crippen molar-refractivity contribution in [1.82, 2.24) is 25.3 Å². The van der Waals surface area contributed by atoms with E-state index >= 15 is 0 Å². The molecule has 0 aromatic heterocycles. The van der Waals surface area contributed by atoms with E-state index in [0.29, 0.717) is 0 Å². The number of aliphatic carboxylic acids is 4. The predicted octanol–water partition coefficient (Wildman–Crippen LogP) is -9.20. The number of rotatable bonds is 30. The van der Waals surface area contributed by atoms with Gasteiger partial charge in [0.15, 0.2) is 11.7 Å². The zero-order valence-corrected chi connectivity index (χ0v) is 33.8. The molecular formula is C29H53N5O25P2. The van der Waals surface area contributed by atoms with Crippen LogP contribution in [0.3, 0.4) is 0 Å². The van der Waals surface area contributed by atoms with Crippen molar-refractivity contribution < 1.29 is 123 Å². The lowest BCUT2D eigenvalue weighted by molar-refractivity contribution is -0.300. The number of amides is 2. The Labute approximate surface area is 344 Å². The highest BCUT2D eigenvalue weighted by Gasteiger charge is 2.50. The summed E-state index contributed by atoms with van der Waals surface area (Å²) >= 11 is 0. The molecule has 0 aromatic carbocycles. The molecule has 1 rings (SSSR count). The van der Waals surface area contributed by atoms with Crippen molar-refractivity contribution in [3.05, 3.63) is 0 Å². The Balaban J connectivity index is 3.29. The molecule has 9 atom stereocenters. The number of ether oxygens (including phenoxy) is 2. The molecule has 1 saturated heterocycles. The second-order valence-corrected chi connectivity index (χ2v) is 17.6. The van der Waals surface area contributed by atoms with E-state index in [4.69, 9.17) is 19.7 Å². The molecule has 0 bridgehead atoms. The highest BCUT2D eigenvalue weighted by Crippen LogP contribution is 2.61. The van der Waals surface area contributed by atoms with Crippen LogP contribution in [-0.2, 0) is 47.4 Å². The molecule has 0 spiro atoms. The lowest BCUT2D eigenvalue weighted by Crippen LogP contribution is -2.67. The van der Waals surface area contributed by atoms with Crippen molar-refractivity contribution in [2.45, 2.75) is 66.8 Å². The first-order valence-corrected chi connectivity index (χ1v) is 21.1. The van der Waals surface area contributed by atoms with Crippen LogP contribution in [-0.4, -0.2) is 265 Å². The third kappa shape index (κ3) is 19.7. The van der Waals surface area contributed by atoms with Gasteiger partial charge >= 0.3 is 39.1 Å². The van der Waals surface area contributed by atoms with Crippen molar-refractivity contribution in [1.29, 1.82) is 0 Å². The van der Waals surface area contributed by atoms with Gasteiger partial charge in [0.25, 0.3) is 0 Å². The summed E-state index contributed by atoms with van der Waals surface area (Å²) in [5.41, 5.74) is 0. The maximum Gasteiger partial charge on any atom is 0.341 e. The van der Waals surface area contributed by atoms with E-state index in [0.717, 1.165) is 9.80 Å². The average molecular weight is 934 g/mol. The minimum absolute atomic E-state index is 0.223. The molecule has 30 nitrogen and oxygen atoms in total. The van der Waals surface area contributed by atoms with E-state index in [1.165, 1.54) is 4.90 Å². The van der Waals surface area contributed by atoms with Crippen LogP contribution in [0, 0.1) is 0 Å². The summed E-state index contributed by atoms with van der Waals surface area (Å²) in [5, 5.41) is 111. The van der Waals surface area contributed by atoms with Gasteiger partial charge in [0.05, 0.1) is 65.0 Å². The minimum atomic E-state index is -5.66. The summed E-state index contributed by atoms with van der Waals surface area (Å²) in [6.07, 6.45) is -16.5. The molecule has 0 aromatic rings. The normalized spacial score (nSPS) is 21.9. The molecule has 354 valence electrons. The Morgan fingerprint density at radius 1 is 0.656 bits per heavy atom. The number of carboxylic acid groups (broad SMARTS) is 4. The summed E-state index contributed by atoms with van der Waals surface area (Å²) in [5.74, 6) is -8.30. The molecule has 1 fully saturated rings. The Bertz CT molecular complexity index is 1530. The SMILES string of the molecule is O=C(O)CN(CCN(CC(=O)O)CC(=O)O)CCN(CC(=O)O)CC(=O)N[C@@H](CO)[C@@H](O)[C@H](O[C@@H]1O[C@H](CO)[C@@H](O)[C@H](O)[C@H]1NC(=O)CC(P(=O)(O)O)P(=O)(O)O)[C@H](O)CO. The molecule has 32 heteroatoms. The van der Waals surface area contributed by atoms with Gasteiger partial charge in [-0.2, -0.15) is 0 Å². The largest absolute Gasteiger partial charge is 0.480 e. The highest BCUT2D eigenvalue weighted by molar-refractivity contribution is 7.70. The molecule has 0 saturated carbocycles. The van der Waals surface area contributed by atoms with Crippen LogP contribution in [0.2, 0.25) is 0 Å². The van der Waals surface area contributed by atoms with Gasteiger partial charge < -0.3 is 95.9 Å². The van der Waals surface area contributed by atoms with Gasteiger partial charge in [-0.25, -0.2) is 0 Å². The number of carbonyl (C=O) groups excluding carboxylic acids is 2. The standard InChI is InChI=1S/C29H53N5O25P2/c35-11-14(30-18(40)6-33(8-20(43)44)3-1-32(7-19(41)42)2-4-34(9-21(45)46)10-22(47)48)25(49)28(15(38)12-36)59-29-24(27(51)26(50)16(13-37)58-29)31-17(39)5-23(60(52,53)54)61(55,56)57/h14-16,23-29,35-38,49-51H,1-13H2,(H,30,40)(H,31,39)(H,41,42)(H,43,44)(H,45,46)(H,47,48)(H2,52,53,54)(H2,55,56,57)/t14-,15+,16+,24+,25+,26+,27+,28+,29-/m0/s1. The van der Waals surface area contributed by atoms with E-state index < -0.39 is 170 Å². The Morgan fingerprint density at radius 2 is 1.10 bits per heavy atom. The zero-order valence-electron chi connectivity index (χ0n) is 32.0. The van der Waals surface area contributed by atoms with E-state index in [2.05, 4.69) is 5.32 Å². The first kappa shape index (κ1) is 55.7. The Kier molecular flexibility index (Phi) is 23.4. The topological polar surface area (TPSA) is 492 Å². The molecule has 0 radical (unpaired) electrons. The number of aliphatic hydroxyl groups excluding tert-OH is 7. The van der Waals surface area contributed by atoms with Crippen LogP contribution in [0.15, 0.2) is 0 Å². The number of aliphatic hydroxyl groups is 7. The zero-order chi connectivity index (χ0) is 47.0. The number of hydrogen-bond acceptors (Lipinski definition) is 20. The van der Waals surface area contributed by atoms with Crippen LogP contribution < -0.4 is 10.6 Å². The summed E-state index contributed by atoms with van der Waals surface area (Å²) in [4.78, 5) is 112. The predicted molar refractivity (Wildman–Crippen MR) is 195 cm³/mol. The highest BCUT2D eigenvalue weighted by atomic mass is 31.2. The monoisotopic (exact) mass is 933 g/mol. The summed E-state index contributed by atoms with van der Waals surface area (Å²) in [7, 11) is -11.3. The average Bonchev–Trinajstić information content (AvgIpc) is 3.12. The number of nitrogens with zero attached hydrogens (tertiary/aromatic N) is 3. The molecule has 1 aliphatic rings. The minimum Gasteiger partial charge on any atom is -0.480 e. The molecule has 0 unspecified atom stereocenters. The summed E-state index contributed by atoms with van der Waals surface area (Å²) < 4.78 is 34.3. The van der Waals surface area contributed by atoms with Gasteiger partial charge in [-0.1, -0.05) is 0 Å². The third-order valence-corrected chi connectivity index (χ3v) is 12.5. The van der Waals surface area contributed by atoms with Gasteiger partial charge in [-0.05, 0) is 0 Å². The number of nitrogens with one attached hydrogen (secondary N) is 2. The van der Waals surface area contributed by atoms with Crippen molar-refractivity contribution in [3.8, 4) is 0 Å². The summed E-state index contributed by atoms with van der Waals surface area (Å²) in [6.45, 7) is -8.38. The van der Waals surface area contributed by atoms with E-state index in [9.17, 15) is 103 Å². The fourth-order valence-electron chi connectivity index (χ4n) is 5.81. The van der Waals surface area contributed by atoms with Gasteiger partial charge in [-0.15, -0.1) is 0 Å². The van der Waals surface area contributed by atoms with Crippen LogP contribution in [0.4, 0.5) is 0 Å². The maximum atomic E-state index is 13.1. The molecule has 61 heavy (non-hydrogen) atoms. The van der Waals surface area contributed by atoms with Gasteiger partial charge in [0.2, 0.25) is 11.8 Å². The fourth-order valence-corrected chi connectivity index (χ4v) is 8.18. The van der Waals surface area contributed by atoms with Crippen molar-refractivity contribution in [2.24, 2.45) is 0 Å². The Morgan fingerprint density at radius 3 is 1.51 bits per heavy atom. The summed E-state index contributed by atoms with van der Waals surface area (Å²) in [6, 6.07) is -3.97. The fraction of sp³-hybridized carbons (Fsp3) is 0.793.